The van der Waals surface area contributed by atoms with Crippen LogP contribution in [0.25, 0.3) is 0 Å². The summed E-state index contributed by atoms with van der Waals surface area (Å²) in [7, 11) is -2.21. The number of rotatable bonds is 5. The van der Waals surface area contributed by atoms with Crippen molar-refractivity contribution in [3.63, 3.8) is 0 Å². The number of ether oxygens (including phenoxy) is 1. The van der Waals surface area contributed by atoms with Gasteiger partial charge in [0.2, 0.25) is 10.0 Å². The first kappa shape index (κ1) is 23.8. The highest BCUT2D eigenvalue weighted by atomic mass is 35.5. The van der Waals surface area contributed by atoms with E-state index >= 15 is 0 Å². The number of hydrogen-bond acceptors (Lipinski definition) is 5. The van der Waals surface area contributed by atoms with Crippen molar-refractivity contribution in [1.29, 1.82) is 0 Å². The van der Waals surface area contributed by atoms with Crippen LogP contribution in [-0.4, -0.2) is 63.4 Å². The number of benzene rings is 2. The Morgan fingerprint density at radius 3 is 2.06 bits per heavy atom. The molecule has 11 heteroatoms. The van der Waals surface area contributed by atoms with E-state index in [0.717, 1.165) is 0 Å². The maximum absolute atomic E-state index is 12.9. The molecule has 0 spiro atoms. The number of hydrogen-bond donors (Lipinski definition) is 1. The minimum absolute atomic E-state index is 0.0782. The molecule has 2 aliphatic heterocycles. The summed E-state index contributed by atoms with van der Waals surface area (Å²) in [6, 6.07) is 10.9. The van der Waals surface area contributed by atoms with E-state index in [2.05, 4.69) is 4.72 Å². The number of carbonyl (C=O) groups excluding carboxylic acids is 2. The standard InChI is InChI=1S/C22H23Cl2N3O5S/c1-25-33(30,31)20-4-2-15(3-5-20)21(28)26-9-16-11-27(12-17(16)10-26)22(29)32-13-14-6-18(23)8-19(24)7-14/h2-8,16-17,25H,9-13H2,1H3. The minimum atomic E-state index is -3.55. The Morgan fingerprint density at radius 1 is 0.970 bits per heavy atom. The molecular formula is C22H23Cl2N3O5S. The molecule has 0 bridgehead atoms. The Hall–Kier alpha value is -2.33. The molecule has 2 unspecified atom stereocenters. The number of nitrogens with one attached hydrogen (secondary N) is 1. The number of amides is 2. The van der Waals surface area contributed by atoms with Crippen LogP contribution in [0.1, 0.15) is 15.9 Å². The van der Waals surface area contributed by atoms with Crippen molar-refractivity contribution in [2.24, 2.45) is 11.8 Å². The molecule has 33 heavy (non-hydrogen) atoms. The lowest BCUT2D eigenvalue weighted by Crippen LogP contribution is -2.35. The fourth-order valence-electron chi connectivity index (χ4n) is 4.32. The molecule has 2 heterocycles. The van der Waals surface area contributed by atoms with Gasteiger partial charge in [-0.1, -0.05) is 23.2 Å². The van der Waals surface area contributed by atoms with Gasteiger partial charge in [0.1, 0.15) is 6.61 Å². The van der Waals surface area contributed by atoms with Crippen molar-refractivity contribution >= 4 is 45.2 Å². The van der Waals surface area contributed by atoms with Crippen molar-refractivity contribution in [2.45, 2.75) is 11.5 Å². The van der Waals surface area contributed by atoms with Gasteiger partial charge in [0.05, 0.1) is 4.90 Å². The molecule has 2 saturated heterocycles. The molecule has 2 aromatic rings. The number of likely N-dealkylation sites (tertiary alicyclic amines) is 2. The maximum atomic E-state index is 12.9. The fraction of sp³-hybridized carbons (Fsp3) is 0.364. The van der Waals surface area contributed by atoms with Gasteiger partial charge >= 0.3 is 6.09 Å². The van der Waals surface area contributed by atoms with Gasteiger partial charge in [0.25, 0.3) is 5.91 Å². The van der Waals surface area contributed by atoms with Gasteiger partial charge in [0.15, 0.2) is 0 Å². The molecule has 4 rings (SSSR count). The fourth-order valence-corrected chi connectivity index (χ4v) is 5.62. The lowest BCUT2D eigenvalue weighted by atomic mass is 10.0. The topological polar surface area (TPSA) is 96.0 Å². The van der Waals surface area contributed by atoms with Crippen LogP contribution in [0.3, 0.4) is 0 Å². The number of nitrogens with zero attached hydrogens (tertiary/aromatic N) is 2. The quantitative estimate of drug-likeness (QED) is 0.664. The van der Waals surface area contributed by atoms with Crippen LogP contribution in [-0.2, 0) is 21.4 Å². The zero-order valence-electron chi connectivity index (χ0n) is 17.8. The predicted octanol–water partition coefficient (Wildman–Crippen LogP) is 3.24. The molecule has 2 amide bonds. The van der Waals surface area contributed by atoms with Crippen LogP contribution in [0, 0.1) is 11.8 Å². The predicted molar refractivity (Wildman–Crippen MR) is 124 cm³/mol. The average molecular weight is 512 g/mol. The van der Waals surface area contributed by atoms with E-state index in [0.29, 0.717) is 47.4 Å². The summed E-state index contributed by atoms with van der Waals surface area (Å²) < 4.78 is 31.4. The van der Waals surface area contributed by atoms with E-state index < -0.39 is 16.1 Å². The molecule has 0 aromatic heterocycles. The Balaban J connectivity index is 1.30. The number of halogens is 2. The van der Waals surface area contributed by atoms with E-state index in [-0.39, 0.29) is 29.2 Å². The van der Waals surface area contributed by atoms with Crippen molar-refractivity contribution < 1.29 is 22.7 Å². The van der Waals surface area contributed by atoms with Gasteiger partial charge in [-0.3, -0.25) is 4.79 Å². The van der Waals surface area contributed by atoms with Crippen LogP contribution in [0.4, 0.5) is 4.79 Å². The summed E-state index contributed by atoms with van der Waals surface area (Å²) in [4.78, 5) is 28.9. The summed E-state index contributed by atoms with van der Waals surface area (Å²) in [6.45, 7) is 2.18. The molecule has 0 saturated carbocycles. The molecule has 176 valence electrons. The van der Waals surface area contributed by atoms with Gasteiger partial charge in [-0.2, -0.15) is 0 Å². The van der Waals surface area contributed by atoms with E-state index in [4.69, 9.17) is 27.9 Å². The highest BCUT2D eigenvalue weighted by Gasteiger charge is 2.43. The first-order valence-corrected chi connectivity index (χ1v) is 12.6. The summed E-state index contributed by atoms with van der Waals surface area (Å²) in [6.07, 6.45) is -0.403. The Kier molecular flexibility index (Phi) is 6.86. The molecule has 0 aliphatic carbocycles. The van der Waals surface area contributed by atoms with Crippen molar-refractivity contribution in [3.05, 3.63) is 63.6 Å². The molecule has 1 N–H and O–H groups in total. The number of fused-ring (bicyclic) bond motifs is 1. The second-order valence-electron chi connectivity index (χ2n) is 8.20. The number of sulfonamides is 1. The van der Waals surface area contributed by atoms with Gasteiger partial charge in [-0.15, -0.1) is 0 Å². The summed E-state index contributed by atoms with van der Waals surface area (Å²) in [5, 5.41) is 0.958. The third-order valence-corrected chi connectivity index (χ3v) is 7.86. The third kappa shape index (κ3) is 5.27. The Morgan fingerprint density at radius 2 is 1.52 bits per heavy atom. The van der Waals surface area contributed by atoms with Crippen molar-refractivity contribution in [2.75, 3.05) is 33.2 Å². The minimum Gasteiger partial charge on any atom is -0.445 e. The van der Waals surface area contributed by atoms with Crippen LogP contribution in [0.5, 0.6) is 0 Å². The molecular weight excluding hydrogens is 489 g/mol. The van der Waals surface area contributed by atoms with Gasteiger partial charge in [-0.25, -0.2) is 17.9 Å². The molecule has 2 aromatic carbocycles. The molecule has 2 fully saturated rings. The zero-order chi connectivity index (χ0) is 23.8. The van der Waals surface area contributed by atoms with Crippen LogP contribution in [0.2, 0.25) is 10.0 Å². The van der Waals surface area contributed by atoms with Gasteiger partial charge < -0.3 is 14.5 Å². The van der Waals surface area contributed by atoms with E-state index in [9.17, 15) is 18.0 Å². The van der Waals surface area contributed by atoms with E-state index in [1.54, 1.807) is 28.0 Å². The first-order valence-electron chi connectivity index (χ1n) is 10.4. The molecule has 8 nitrogen and oxygen atoms in total. The molecule has 0 radical (unpaired) electrons. The smallest absolute Gasteiger partial charge is 0.410 e. The maximum Gasteiger partial charge on any atom is 0.410 e. The highest BCUT2D eigenvalue weighted by Crippen LogP contribution is 2.32. The Bertz CT molecular complexity index is 1140. The van der Waals surface area contributed by atoms with E-state index in [1.807, 2.05) is 0 Å². The zero-order valence-corrected chi connectivity index (χ0v) is 20.2. The Labute approximate surface area is 202 Å². The SMILES string of the molecule is CNS(=O)(=O)c1ccc(C(=O)N2CC3CN(C(=O)OCc4cc(Cl)cc(Cl)c4)CC3C2)cc1. The highest BCUT2D eigenvalue weighted by molar-refractivity contribution is 7.89. The molecule has 2 atom stereocenters. The first-order chi connectivity index (χ1) is 15.7. The summed E-state index contributed by atoms with van der Waals surface area (Å²) in [5.41, 5.74) is 1.15. The average Bonchev–Trinajstić information content (AvgIpc) is 3.36. The third-order valence-electron chi connectivity index (χ3n) is 6.00. The summed E-state index contributed by atoms with van der Waals surface area (Å²) in [5.74, 6) is 0.196. The van der Waals surface area contributed by atoms with Crippen LogP contribution < -0.4 is 4.72 Å². The second-order valence-corrected chi connectivity index (χ2v) is 11.0. The van der Waals surface area contributed by atoms with Gasteiger partial charge in [-0.05, 0) is 55.1 Å². The van der Waals surface area contributed by atoms with Crippen LogP contribution in [0.15, 0.2) is 47.4 Å². The number of carbonyl (C=O) groups is 2. The van der Waals surface area contributed by atoms with Crippen molar-refractivity contribution in [1.82, 2.24) is 14.5 Å². The van der Waals surface area contributed by atoms with Crippen molar-refractivity contribution in [3.8, 4) is 0 Å². The lowest BCUT2D eigenvalue weighted by Gasteiger charge is -2.22. The van der Waals surface area contributed by atoms with Crippen LogP contribution >= 0.6 is 23.2 Å². The van der Waals surface area contributed by atoms with E-state index in [1.165, 1.54) is 31.3 Å². The second kappa shape index (κ2) is 9.50. The lowest BCUT2D eigenvalue weighted by molar-refractivity contribution is 0.0764. The monoisotopic (exact) mass is 511 g/mol. The summed E-state index contributed by atoms with van der Waals surface area (Å²) >= 11 is 12.0. The van der Waals surface area contributed by atoms with Gasteiger partial charge in [0, 0.05) is 53.6 Å². The molecule has 2 aliphatic rings. The normalized spacial score (nSPS) is 20.1. The largest absolute Gasteiger partial charge is 0.445 e.